The molecule has 1 N–H and O–H groups in total. The minimum Gasteiger partial charge on any atom is -0.339 e. The van der Waals surface area contributed by atoms with Crippen molar-refractivity contribution in [2.45, 2.75) is 38.5 Å². The van der Waals surface area contributed by atoms with Crippen LogP contribution in [-0.4, -0.2) is 21.0 Å². The number of carbonyl (C=O) groups is 1. The van der Waals surface area contributed by atoms with Crippen molar-refractivity contribution in [3.8, 4) is 11.4 Å². The second-order valence-electron chi connectivity index (χ2n) is 6.16. The number of benzene rings is 1. The molecule has 1 amide bonds. The highest BCUT2D eigenvalue weighted by Crippen LogP contribution is 2.29. The van der Waals surface area contributed by atoms with Gasteiger partial charge in [-0.1, -0.05) is 5.16 Å². The fourth-order valence-corrected chi connectivity index (χ4v) is 3.95. The van der Waals surface area contributed by atoms with E-state index in [1.165, 1.54) is 23.4 Å². The Labute approximate surface area is 153 Å². The van der Waals surface area contributed by atoms with Crippen molar-refractivity contribution < 1.29 is 13.7 Å². The largest absolute Gasteiger partial charge is 0.339 e. The predicted molar refractivity (Wildman–Crippen MR) is 95.4 cm³/mol. The molecule has 1 aromatic carbocycles. The Hall–Kier alpha value is -2.61. The zero-order valence-corrected chi connectivity index (χ0v) is 14.8. The molecule has 2 heterocycles. The summed E-state index contributed by atoms with van der Waals surface area (Å²) in [7, 11) is 0. The summed E-state index contributed by atoms with van der Waals surface area (Å²) in [4.78, 5) is 22.2. The number of halogens is 1. The van der Waals surface area contributed by atoms with E-state index in [1.807, 2.05) is 0 Å². The van der Waals surface area contributed by atoms with E-state index in [4.69, 9.17) is 4.52 Å². The molecule has 0 bridgehead atoms. The third-order valence-corrected chi connectivity index (χ3v) is 5.30. The fraction of sp³-hybridized carbons (Fsp3) is 0.333. The third-order valence-electron chi connectivity index (χ3n) is 4.23. The lowest BCUT2D eigenvalue weighted by Gasteiger charge is -2.06. The molecule has 8 heteroatoms. The van der Waals surface area contributed by atoms with Crippen molar-refractivity contribution in [3.05, 3.63) is 46.5 Å². The van der Waals surface area contributed by atoms with Gasteiger partial charge in [0.25, 0.3) is 0 Å². The summed E-state index contributed by atoms with van der Waals surface area (Å²) in [6, 6.07) is 5.85. The molecule has 0 saturated carbocycles. The van der Waals surface area contributed by atoms with Gasteiger partial charge in [-0.15, -0.1) is 11.3 Å². The highest BCUT2D eigenvalue weighted by Gasteiger charge is 2.17. The second-order valence-corrected chi connectivity index (χ2v) is 7.25. The van der Waals surface area contributed by atoms with Crippen molar-refractivity contribution in [3.63, 3.8) is 0 Å². The first-order chi connectivity index (χ1) is 12.7. The molecule has 0 atom stereocenters. The molecule has 0 aliphatic heterocycles. The minimum atomic E-state index is -0.321. The van der Waals surface area contributed by atoms with E-state index in [9.17, 15) is 9.18 Å². The lowest BCUT2D eigenvalue weighted by atomic mass is 10.0. The van der Waals surface area contributed by atoms with E-state index in [2.05, 4.69) is 20.4 Å². The van der Waals surface area contributed by atoms with E-state index >= 15 is 0 Å². The van der Waals surface area contributed by atoms with Crippen LogP contribution >= 0.6 is 11.3 Å². The molecule has 0 spiro atoms. The quantitative estimate of drug-likeness (QED) is 0.737. The summed E-state index contributed by atoms with van der Waals surface area (Å²) in [5.41, 5.74) is 1.79. The number of nitrogens with one attached hydrogen (secondary N) is 1. The van der Waals surface area contributed by atoms with Crippen LogP contribution in [0.2, 0.25) is 0 Å². The third kappa shape index (κ3) is 3.80. The van der Waals surface area contributed by atoms with Gasteiger partial charge in [-0.2, -0.15) is 4.98 Å². The summed E-state index contributed by atoms with van der Waals surface area (Å²) in [5.74, 6) is 0.307. The van der Waals surface area contributed by atoms with Crippen molar-refractivity contribution >= 4 is 22.4 Å². The van der Waals surface area contributed by atoms with Gasteiger partial charge in [0.15, 0.2) is 5.13 Å². The van der Waals surface area contributed by atoms with Crippen LogP contribution in [0.3, 0.4) is 0 Å². The van der Waals surface area contributed by atoms with E-state index in [-0.39, 0.29) is 18.1 Å². The van der Waals surface area contributed by atoms with E-state index in [1.54, 1.807) is 23.5 Å². The Kier molecular flexibility index (Phi) is 4.75. The van der Waals surface area contributed by atoms with Crippen LogP contribution in [0.5, 0.6) is 0 Å². The van der Waals surface area contributed by atoms with Crippen molar-refractivity contribution in [1.82, 2.24) is 15.1 Å². The first-order valence-corrected chi connectivity index (χ1v) is 9.36. The van der Waals surface area contributed by atoms with E-state index in [0.29, 0.717) is 28.8 Å². The van der Waals surface area contributed by atoms with Crippen molar-refractivity contribution in [2.75, 3.05) is 5.32 Å². The molecule has 0 fully saturated rings. The van der Waals surface area contributed by atoms with E-state index in [0.717, 1.165) is 25.0 Å². The van der Waals surface area contributed by atoms with Gasteiger partial charge in [0.2, 0.25) is 17.6 Å². The smallest absolute Gasteiger partial charge is 0.227 e. The highest BCUT2D eigenvalue weighted by molar-refractivity contribution is 7.15. The van der Waals surface area contributed by atoms with Gasteiger partial charge >= 0.3 is 0 Å². The molecule has 1 aliphatic carbocycles. The lowest BCUT2D eigenvalue weighted by Crippen LogP contribution is -2.12. The first kappa shape index (κ1) is 16.8. The van der Waals surface area contributed by atoms with Gasteiger partial charge in [-0.05, 0) is 49.9 Å². The van der Waals surface area contributed by atoms with Gasteiger partial charge in [-0.3, -0.25) is 4.79 Å². The molecule has 0 unspecified atom stereocenters. The summed E-state index contributed by atoms with van der Waals surface area (Å²) >= 11 is 1.56. The SMILES string of the molecule is O=C(CCc1nc(-c2ccc(F)cc2)no1)Nc1nc2c(s1)CCCC2. The number of rotatable bonds is 5. The maximum absolute atomic E-state index is 13.0. The van der Waals surface area contributed by atoms with Crippen LogP contribution in [0.1, 0.15) is 35.7 Å². The Morgan fingerprint density at radius 2 is 2.00 bits per heavy atom. The first-order valence-electron chi connectivity index (χ1n) is 8.54. The van der Waals surface area contributed by atoms with Crippen molar-refractivity contribution in [1.29, 1.82) is 0 Å². The summed E-state index contributed by atoms with van der Waals surface area (Å²) in [5, 5.41) is 7.39. The number of fused-ring (bicyclic) bond motifs is 1. The van der Waals surface area contributed by atoms with Crippen LogP contribution in [0.4, 0.5) is 9.52 Å². The lowest BCUT2D eigenvalue weighted by molar-refractivity contribution is -0.116. The molecule has 2 aromatic heterocycles. The van der Waals surface area contributed by atoms with Crippen LogP contribution < -0.4 is 5.32 Å². The molecule has 0 radical (unpaired) electrons. The molecule has 1 aliphatic rings. The number of amides is 1. The van der Waals surface area contributed by atoms with Crippen LogP contribution in [0, 0.1) is 5.82 Å². The van der Waals surface area contributed by atoms with Crippen LogP contribution in [0.25, 0.3) is 11.4 Å². The molecular formula is C18H17FN4O2S. The van der Waals surface area contributed by atoms with Crippen molar-refractivity contribution in [2.24, 2.45) is 0 Å². The minimum absolute atomic E-state index is 0.127. The molecule has 4 rings (SSSR count). The van der Waals surface area contributed by atoms with Gasteiger partial charge in [-0.25, -0.2) is 9.37 Å². The molecular weight excluding hydrogens is 355 g/mol. The Morgan fingerprint density at radius 1 is 1.19 bits per heavy atom. The normalized spacial score (nSPS) is 13.4. The average molecular weight is 372 g/mol. The van der Waals surface area contributed by atoms with Gasteiger partial charge in [0.1, 0.15) is 5.82 Å². The maximum Gasteiger partial charge on any atom is 0.227 e. The zero-order chi connectivity index (χ0) is 17.9. The van der Waals surface area contributed by atoms with Gasteiger partial charge in [0, 0.05) is 23.3 Å². The van der Waals surface area contributed by atoms with Gasteiger partial charge in [0.05, 0.1) is 5.69 Å². The molecule has 0 saturated heterocycles. The number of aryl methyl sites for hydroxylation is 3. The molecule has 134 valence electrons. The topological polar surface area (TPSA) is 80.9 Å². The van der Waals surface area contributed by atoms with Gasteiger partial charge < -0.3 is 9.84 Å². The summed E-state index contributed by atoms with van der Waals surface area (Å²) in [6.45, 7) is 0. The van der Waals surface area contributed by atoms with Crippen LogP contribution in [0.15, 0.2) is 28.8 Å². The van der Waals surface area contributed by atoms with E-state index < -0.39 is 0 Å². The number of hydrogen-bond acceptors (Lipinski definition) is 6. The zero-order valence-electron chi connectivity index (χ0n) is 14.0. The average Bonchev–Trinajstić information content (AvgIpc) is 3.27. The fourth-order valence-electron chi connectivity index (χ4n) is 2.88. The number of aromatic nitrogens is 3. The highest BCUT2D eigenvalue weighted by atomic mass is 32.1. The number of thiazole rings is 1. The second kappa shape index (κ2) is 7.33. The number of nitrogens with zero attached hydrogens (tertiary/aromatic N) is 3. The summed E-state index contributed by atoms with van der Waals surface area (Å²) in [6.07, 6.45) is 4.97. The Balaban J connectivity index is 1.33. The molecule has 26 heavy (non-hydrogen) atoms. The Bertz CT molecular complexity index is 896. The summed E-state index contributed by atoms with van der Waals surface area (Å²) < 4.78 is 18.1. The Morgan fingerprint density at radius 3 is 2.81 bits per heavy atom. The monoisotopic (exact) mass is 372 g/mol. The number of hydrogen-bond donors (Lipinski definition) is 1. The maximum atomic E-state index is 13.0. The van der Waals surface area contributed by atoms with Crippen LogP contribution in [-0.2, 0) is 24.1 Å². The molecule has 3 aromatic rings. The standard InChI is InChI=1S/C18H17FN4O2S/c19-12-7-5-11(6-8-12)17-22-16(25-23-17)10-9-15(24)21-18-20-13-3-1-2-4-14(13)26-18/h5-8H,1-4,9-10H2,(H,20,21,24). The number of anilines is 1. The molecule has 6 nitrogen and oxygen atoms in total. The number of carbonyl (C=O) groups excluding carboxylic acids is 1. The predicted octanol–water partition coefficient (Wildman–Crippen LogP) is 3.78.